The van der Waals surface area contributed by atoms with E-state index in [-0.39, 0.29) is 12.4 Å². The molecule has 1 heterocycles. The number of likely N-dealkylation sites (tertiary alicyclic amines) is 1. The van der Waals surface area contributed by atoms with Crippen LogP contribution in [0.2, 0.25) is 0 Å². The lowest BCUT2D eigenvalue weighted by atomic mass is 9.84. The number of hydrogen-bond donors (Lipinski definition) is 1. The monoisotopic (exact) mass is 298 g/mol. The second-order valence-electron chi connectivity index (χ2n) is 7.59. The van der Waals surface area contributed by atoms with Crippen LogP contribution in [0.4, 0.5) is 0 Å². The van der Waals surface area contributed by atoms with Crippen LogP contribution in [0.25, 0.3) is 0 Å². The lowest BCUT2D eigenvalue weighted by Crippen LogP contribution is -2.35. The van der Waals surface area contributed by atoms with Crippen molar-refractivity contribution in [1.29, 1.82) is 0 Å². The van der Waals surface area contributed by atoms with Gasteiger partial charge in [0.15, 0.2) is 0 Å². The zero-order valence-electron chi connectivity index (χ0n) is 12.2. The van der Waals surface area contributed by atoms with Gasteiger partial charge >= 0.3 is 0 Å². The van der Waals surface area contributed by atoms with Gasteiger partial charge in [-0.15, -0.1) is 12.4 Å². The van der Waals surface area contributed by atoms with E-state index in [1.54, 1.807) is 0 Å². The van der Waals surface area contributed by atoms with Gasteiger partial charge in [-0.25, -0.2) is 0 Å². The number of carbonyl (C=O) groups is 1. The maximum absolute atomic E-state index is 12.7. The molecule has 1 amide bonds. The number of rotatable bonds is 1. The largest absolute Gasteiger partial charge is 0.342 e. The third-order valence-electron chi connectivity index (χ3n) is 6.56. The van der Waals surface area contributed by atoms with Crippen LogP contribution in [0.3, 0.4) is 0 Å². The van der Waals surface area contributed by atoms with Crippen molar-refractivity contribution in [3.05, 3.63) is 0 Å². The molecule has 1 spiro atoms. The molecule has 20 heavy (non-hydrogen) atoms. The van der Waals surface area contributed by atoms with Crippen LogP contribution < -0.4 is 5.73 Å². The average molecular weight is 299 g/mol. The summed E-state index contributed by atoms with van der Waals surface area (Å²) in [6, 6.07) is 0.352. The molecular formula is C16H27ClN2O. The predicted molar refractivity (Wildman–Crippen MR) is 81.6 cm³/mol. The standard InChI is InChI=1S/C16H26N2O.ClH/c17-14-5-4-11-9-18(10-12(11)14)15(19)13-8-16(13)6-2-1-3-7-16;/h11-14H,1-10,17H2;1H. The molecule has 114 valence electrons. The SMILES string of the molecule is Cl.NC1CCC2CN(C(=O)C3CC34CCCCC4)CC12. The summed E-state index contributed by atoms with van der Waals surface area (Å²) in [5, 5.41) is 0. The molecule has 2 N–H and O–H groups in total. The van der Waals surface area contributed by atoms with Crippen molar-refractivity contribution in [1.82, 2.24) is 4.90 Å². The van der Waals surface area contributed by atoms with Crippen LogP contribution in [0.1, 0.15) is 51.4 Å². The highest BCUT2D eigenvalue weighted by atomic mass is 35.5. The summed E-state index contributed by atoms with van der Waals surface area (Å²) in [4.78, 5) is 14.9. The highest BCUT2D eigenvalue weighted by Gasteiger charge is 2.59. The summed E-state index contributed by atoms with van der Waals surface area (Å²) in [5.41, 5.74) is 6.61. The van der Waals surface area contributed by atoms with E-state index in [1.165, 1.54) is 51.4 Å². The Kier molecular flexibility index (Phi) is 3.79. The van der Waals surface area contributed by atoms with Gasteiger partial charge in [0, 0.05) is 25.0 Å². The highest BCUT2D eigenvalue weighted by molar-refractivity contribution is 5.85. The molecule has 0 aromatic carbocycles. The summed E-state index contributed by atoms with van der Waals surface area (Å²) >= 11 is 0. The van der Waals surface area contributed by atoms with Crippen LogP contribution in [-0.4, -0.2) is 29.9 Å². The number of amides is 1. The summed E-state index contributed by atoms with van der Waals surface area (Å²) in [7, 11) is 0. The Bertz CT molecular complexity index is 394. The van der Waals surface area contributed by atoms with E-state index in [0.717, 1.165) is 13.1 Å². The zero-order chi connectivity index (χ0) is 13.0. The normalized spacial score (nSPS) is 41.4. The number of nitrogens with two attached hydrogens (primary N) is 1. The number of fused-ring (bicyclic) bond motifs is 1. The molecule has 3 saturated carbocycles. The van der Waals surface area contributed by atoms with Crippen LogP contribution in [0.5, 0.6) is 0 Å². The molecule has 1 aliphatic heterocycles. The second kappa shape index (κ2) is 5.17. The molecule has 4 rings (SSSR count). The molecule has 0 aromatic heterocycles. The first-order valence-electron chi connectivity index (χ1n) is 8.24. The maximum Gasteiger partial charge on any atom is 0.226 e. The van der Waals surface area contributed by atoms with E-state index >= 15 is 0 Å². The van der Waals surface area contributed by atoms with E-state index in [9.17, 15) is 4.79 Å². The zero-order valence-corrected chi connectivity index (χ0v) is 13.0. The minimum Gasteiger partial charge on any atom is -0.342 e. The van der Waals surface area contributed by atoms with E-state index in [1.807, 2.05) is 0 Å². The third kappa shape index (κ3) is 2.18. The Labute approximate surface area is 128 Å². The van der Waals surface area contributed by atoms with Crippen molar-refractivity contribution in [2.45, 2.75) is 57.4 Å². The minimum absolute atomic E-state index is 0. The van der Waals surface area contributed by atoms with Crippen molar-refractivity contribution in [3.63, 3.8) is 0 Å². The van der Waals surface area contributed by atoms with E-state index in [2.05, 4.69) is 4.90 Å². The maximum atomic E-state index is 12.7. The van der Waals surface area contributed by atoms with Crippen molar-refractivity contribution < 1.29 is 4.79 Å². The van der Waals surface area contributed by atoms with Gasteiger partial charge < -0.3 is 10.6 Å². The van der Waals surface area contributed by atoms with E-state index in [0.29, 0.717) is 35.1 Å². The van der Waals surface area contributed by atoms with Crippen molar-refractivity contribution >= 4 is 18.3 Å². The van der Waals surface area contributed by atoms with Gasteiger partial charge in [-0.05, 0) is 49.4 Å². The summed E-state index contributed by atoms with van der Waals surface area (Å²) in [6.07, 6.45) is 10.3. The lowest BCUT2D eigenvalue weighted by Gasteiger charge is -2.25. The van der Waals surface area contributed by atoms with Gasteiger partial charge in [0.1, 0.15) is 0 Å². The Morgan fingerprint density at radius 1 is 1.10 bits per heavy atom. The topological polar surface area (TPSA) is 46.3 Å². The Morgan fingerprint density at radius 2 is 1.85 bits per heavy atom. The van der Waals surface area contributed by atoms with Gasteiger partial charge in [0.25, 0.3) is 0 Å². The summed E-state index contributed by atoms with van der Waals surface area (Å²) in [5.74, 6) is 2.16. The van der Waals surface area contributed by atoms with Crippen LogP contribution in [-0.2, 0) is 4.79 Å². The Balaban J connectivity index is 0.00000121. The molecular weight excluding hydrogens is 272 g/mol. The highest BCUT2D eigenvalue weighted by Crippen LogP contribution is 2.62. The molecule has 3 aliphatic carbocycles. The third-order valence-corrected chi connectivity index (χ3v) is 6.56. The van der Waals surface area contributed by atoms with Gasteiger partial charge in [0.05, 0.1) is 0 Å². The number of carbonyl (C=O) groups excluding carboxylic acids is 1. The summed E-state index contributed by atoms with van der Waals surface area (Å²) < 4.78 is 0. The first kappa shape index (κ1) is 14.6. The second-order valence-corrected chi connectivity index (χ2v) is 7.59. The Hall–Kier alpha value is -0.280. The molecule has 4 heteroatoms. The first-order valence-corrected chi connectivity index (χ1v) is 8.24. The molecule has 0 radical (unpaired) electrons. The predicted octanol–water partition coefficient (Wildman–Crippen LogP) is 2.57. The van der Waals surface area contributed by atoms with Crippen molar-refractivity contribution in [2.75, 3.05) is 13.1 Å². The first-order chi connectivity index (χ1) is 9.20. The van der Waals surface area contributed by atoms with Crippen molar-refractivity contribution in [2.24, 2.45) is 28.9 Å². The van der Waals surface area contributed by atoms with Gasteiger partial charge in [-0.1, -0.05) is 19.3 Å². The molecule has 4 atom stereocenters. The number of hydrogen-bond acceptors (Lipinski definition) is 2. The molecule has 4 unspecified atom stereocenters. The van der Waals surface area contributed by atoms with Crippen LogP contribution >= 0.6 is 12.4 Å². The Morgan fingerprint density at radius 3 is 2.55 bits per heavy atom. The lowest BCUT2D eigenvalue weighted by molar-refractivity contribution is -0.132. The minimum atomic E-state index is 0. The van der Waals surface area contributed by atoms with Crippen molar-refractivity contribution in [3.8, 4) is 0 Å². The summed E-state index contributed by atoms with van der Waals surface area (Å²) in [6.45, 7) is 1.96. The molecule has 0 bridgehead atoms. The molecule has 3 nitrogen and oxygen atoms in total. The fourth-order valence-corrected chi connectivity index (χ4v) is 5.21. The van der Waals surface area contributed by atoms with Crippen LogP contribution in [0.15, 0.2) is 0 Å². The van der Waals surface area contributed by atoms with Crippen LogP contribution in [0, 0.1) is 23.2 Å². The molecule has 4 aliphatic rings. The van der Waals surface area contributed by atoms with Gasteiger partial charge in [-0.2, -0.15) is 0 Å². The fraction of sp³-hybridized carbons (Fsp3) is 0.938. The molecule has 4 fully saturated rings. The van der Waals surface area contributed by atoms with E-state index < -0.39 is 0 Å². The fourth-order valence-electron chi connectivity index (χ4n) is 5.21. The van der Waals surface area contributed by atoms with Gasteiger partial charge in [0.2, 0.25) is 5.91 Å². The quantitative estimate of drug-likeness (QED) is 0.809. The number of nitrogens with zero attached hydrogens (tertiary/aromatic N) is 1. The average Bonchev–Trinajstić information content (AvgIpc) is 2.81. The molecule has 1 saturated heterocycles. The van der Waals surface area contributed by atoms with Gasteiger partial charge in [-0.3, -0.25) is 4.79 Å². The molecule has 0 aromatic rings. The smallest absolute Gasteiger partial charge is 0.226 e. The van der Waals surface area contributed by atoms with E-state index in [4.69, 9.17) is 5.73 Å². The number of halogens is 1.